The molecule has 0 aliphatic heterocycles. The van der Waals surface area contributed by atoms with Gasteiger partial charge in [-0.1, -0.05) is 17.7 Å². The quantitative estimate of drug-likeness (QED) is 0.860. The lowest BCUT2D eigenvalue weighted by Gasteiger charge is -2.10. The van der Waals surface area contributed by atoms with Crippen LogP contribution >= 0.6 is 11.6 Å². The molecule has 1 unspecified atom stereocenters. The molecule has 0 radical (unpaired) electrons. The van der Waals surface area contributed by atoms with E-state index in [0.29, 0.717) is 5.56 Å². The summed E-state index contributed by atoms with van der Waals surface area (Å²) in [5.74, 6) is -0.595. The molecule has 3 nitrogen and oxygen atoms in total. The Morgan fingerprint density at radius 1 is 1.60 bits per heavy atom. The Labute approximate surface area is 91.7 Å². The topological polar surface area (TPSA) is 53.2 Å². The molecule has 0 saturated heterocycles. The molecule has 0 heterocycles. The fourth-order valence-corrected chi connectivity index (χ4v) is 1.17. The van der Waals surface area contributed by atoms with Crippen molar-refractivity contribution in [2.24, 2.45) is 0 Å². The van der Waals surface area contributed by atoms with Gasteiger partial charge in [-0.3, -0.25) is 0 Å². The predicted octanol–water partition coefficient (Wildman–Crippen LogP) is 2.05. The van der Waals surface area contributed by atoms with Crippen molar-refractivity contribution in [3.8, 4) is 6.07 Å². The van der Waals surface area contributed by atoms with Gasteiger partial charge in [-0.25, -0.2) is 4.39 Å². The minimum absolute atomic E-state index is 0.00222. The highest BCUT2D eigenvalue weighted by Gasteiger charge is 2.12. The van der Waals surface area contributed by atoms with E-state index >= 15 is 0 Å². The number of nitriles is 1. The average Bonchev–Trinajstić information content (AvgIpc) is 2.24. The van der Waals surface area contributed by atoms with E-state index in [0.717, 1.165) is 6.07 Å². The van der Waals surface area contributed by atoms with Crippen molar-refractivity contribution in [1.29, 1.82) is 5.26 Å². The SMILES string of the molecule is N#CC(OCCO)c1ccc(Cl)c(F)c1. The van der Waals surface area contributed by atoms with Crippen LogP contribution in [0.1, 0.15) is 11.7 Å². The van der Waals surface area contributed by atoms with E-state index in [-0.39, 0.29) is 18.2 Å². The molecule has 0 fully saturated rings. The van der Waals surface area contributed by atoms with Gasteiger partial charge >= 0.3 is 0 Å². The molecule has 80 valence electrons. The molecule has 0 aromatic heterocycles. The lowest BCUT2D eigenvalue weighted by atomic mass is 10.1. The lowest BCUT2D eigenvalue weighted by Crippen LogP contribution is -2.06. The van der Waals surface area contributed by atoms with Crippen molar-refractivity contribution in [3.05, 3.63) is 34.6 Å². The number of halogens is 2. The fraction of sp³-hybridized carbons (Fsp3) is 0.300. The molecule has 1 atom stereocenters. The molecule has 1 rings (SSSR count). The summed E-state index contributed by atoms with van der Waals surface area (Å²) in [6, 6.07) is 5.87. The first kappa shape index (κ1) is 11.9. The van der Waals surface area contributed by atoms with Crippen molar-refractivity contribution in [2.45, 2.75) is 6.10 Å². The van der Waals surface area contributed by atoms with Crippen LogP contribution in [-0.4, -0.2) is 18.3 Å². The van der Waals surface area contributed by atoms with Crippen LogP contribution in [0, 0.1) is 17.1 Å². The van der Waals surface area contributed by atoms with Crippen LogP contribution in [0.5, 0.6) is 0 Å². The third-order valence-electron chi connectivity index (χ3n) is 1.74. The highest BCUT2D eigenvalue weighted by molar-refractivity contribution is 6.30. The van der Waals surface area contributed by atoms with Crippen molar-refractivity contribution in [3.63, 3.8) is 0 Å². The van der Waals surface area contributed by atoms with E-state index in [2.05, 4.69) is 0 Å². The monoisotopic (exact) mass is 229 g/mol. The Kier molecular flexibility index (Phi) is 4.50. The van der Waals surface area contributed by atoms with Crippen molar-refractivity contribution in [1.82, 2.24) is 0 Å². The number of aliphatic hydroxyl groups is 1. The summed E-state index contributed by atoms with van der Waals surface area (Å²) < 4.78 is 18.1. The van der Waals surface area contributed by atoms with Gasteiger partial charge in [0.2, 0.25) is 0 Å². The van der Waals surface area contributed by atoms with Crippen LogP contribution in [0.3, 0.4) is 0 Å². The van der Waals surface area contributed by atoms with Gasteiger partial charge in [0, 0.05) is 0 Å². The van der Waals surface area contributed by atoms with Gasteiger partial charge < -0.3 is 9.84 Å². The summed E-state index contributed by atoms with van der Waals surface area (Å²) in [5.41, 5.74) is 0.382. The highest BCUT2D eigenvalue weighted by atomic mass is 35.5. The van der Waals surface area contributed by atoms with E-state index < -0.39 is 11.9 Å². The number of hydrogen-bond acceptors (Lipinski definition) is 3. The minimum atomic E-state index is -0.885. The lowest BCUT2D eigenvalue weighted by molar-refractivity contribution is 0.0580. The van der Waals surface area contributed by atoms with E-state index in [9.17, 15) is 4.39 Å². The molecule has 1 N–H and O–H groups in total. The zero-order chi connectivity index (χ0) is 11.3. The molecule has 1 aromatic rings. The Balaban J connectivity index is 2.84. The summed E-state index contributed by atoms with van der Waals surface area (Å²) >= 11 is 5.49. The Morgan fingerprint density at radius 3 is 2.87 bits per heavy atom. The summed E-state index contributed by atoms with van der Waals surface area (Å²) in [7, 11) is 0. The molecular formula is C10H9ClFNO2. The third kappa shape index (κ3) is 3.17. The molecule has 5 heteroatoms. The summed E-state index contributed by atoms with van der Waals surface area (Å²) in [4.78, 5) is 0. The summed E-state index contributed by atoms with van der Waals surface area (Å²) in [6.07, 6.45) is -0.885. The van der Waals surface area contributed by atoms with Crippen molar-refractivity contribution in [2.75, 3.05) is 13.2 Å². The van der Waals surface area contributed by atoms with Gasteiger partial charge in [0.25, 0.3) is 0 Å². The predicted molar refractivity (Wildman–Crippen MR) is 52.8 cm³/mol. The maximum Gasteiger partial charge on any atom is 0.169 e. The molecule has 0 saturated carbocycles. The number of ether oxygens (including phenoxy) is 1. The maximum absolute atomic E-state index is 13.1. The zero-order valence-electron chi connectivity index (χ0n) is 7.78. The Morgan fingerprint density at radius 2 is 2.33 bits per heavy atom. The van der Waals surface area contributed by atoms with E-state index in [1.54, 1.807) is 0 Å². The van der Waals surface area contributed by atoms with Crippen LogP contribution in [-0.2, 0) is 4.74 Å². The standard InChI is InChI=1S/C10H9ClFNO2/c11-8-2-1-7(5-9(8)12)10(6-13)15-4-3-14/h1-2,5,10,14H,3-4H2. The Hall–Kier alpha value is -1.15. The summed E-state index contributed by atoms with van der Waals surface area (Å²) in [5, 5.41) is 17.3. The van der Waals surface area contributed by atoms with Gasteiger partial charge in [-0.05, 0) is 17.7 Å². The molecule has 0 amide bonds. The van der Waals surface area contributed by atoms with Crippen LogP contribution in [0.2, 0.25) is 5.02 Å². The molecule has 0 spiro atoms. The normalized spacial score (nSPS) is 12.1. The van der Waals surface area contributed by atoms with E-state index in [4.69, 9.17) is 26.7 Å². The number of hydrogen-bond donors (Lipinski definition) is 1. The summed E-state index contributed by atoms with van der Waals surface area (Å²) in [6.45, 7) is -0.156. The maximum atomic E-state index is 13.1. The molecular weight excluding hydrogens is 221 g/mol. The molecule has 15 heavy (non-hydrogen) atoms. The molecule has 0 bridgehead atoms. The van der Waals surface area contributed by atoms with Gasteiger partial charge in [0.1, 0.15) is 5.82 Å². The van der Waals surface area contributed by atoms with Gasteiger partial charge in [-0.2, -0.15) is 5.26 Å². The molecule has 0 aliphatic rings. The van der Waals surface area contributed by atoms with E-state index in [1.807, 2.05) is 6.07 Å². The smallest absolute Gasteiger partial charge is 0.169 e. The number of aliphatic hydroxyl groups excluding tert-OH is 1. The van der Waals surface area contributed by atoms with Crippen molar-refractivity contribution < 1.29 is 14.2 Å². The number of nitrogens with zero attached hydrogens (tertiary/aromatic N) is 1. The number of benzene rings is 1. The fourth-order valence-electron chi connectivity index (χ4n) is 1.05. The van der Waals surface area contributed by atoms with E-state index in [1.165, 1.54) is 12.1 Å². The van der Waals surface area contributed by atoms with Crippen LogP contribution < -0.4 is 0 Å². The van der Waals surface area contributed by atoms with Gasteiger partial charge in [0.05, 0.1) is 24.3 Å². The second kappa shape index (κ2) is 5.66. The highest BCUT2D eigenvalue weighted by Crippen LogP contribution is 2.22. The molecule has 0 aliphatic carbocycles. The first-order valence-corrected chi connectivity index (χ1v) is 4.64. The third-order valence-corrected chi connectivity index (χ3v) is 2.05. The van der Waals surface area contributed by atoms with Crippen LogP contribution in [0.15, 0.2) is 18.2 Å². The Bertz CT molecular complexity index is 378. The second-order valence-electron chi connectivity index (χ2n) is 2.78. The zero-order valence-corrected chi connectivity index (χ0v) is 8.54. The van der Waals surface area contributed by atoms with Gasteiger partial charge in [0.15, 0.2) is 6.10 Å². The largest absolute Gasteiger partial charge is 0.394 e. The van der Waals surface area contributed by atoms with Crippen LogP contribution in [0.4, 0.5) is 4.39 Å². The first-order valence-electron chi connectivity index (χ1n) is 4.26. The molecule has 1 aromatic carbocycles. The minimum Gasteiger partial charge on any atom is -0.394 e. The number of rotatable bonds is 4. The first-order chi connectivity index (χ1) is 7.19. The van der Waals surface area contributed by atoms with Gasteiger partial charge in [-0.15, -0.1) is 0 Å². The van der Waals surface area contributed by atoms with Crippen LogP contribution in [0.25, 0.3) is 0 Å². The second-order valence-corrected chi connectivity index (χ2v) is 3.18. The van der Waals surface area contributed by atoms with Crippen molar-refractivity contribution >= 4 is 11.6 Å². The average molecular weight is 230 g/mol.